The summed E-state index contributed by atoms with van der Waals surface area (Å²) in [4.78, 5) is 41.8. The maximum absolute atomic E-state index is 13.6. The summed E-state index contributed by atoms with van der Waals surface area (Å²) >= 11 is 0. The van der Waals surface area contributed by atoms with Gasteiger partial charge in [0.15, 0.2) is 0 Å². The van der Waals surface area contributed by atoms with Gasteiger partial charge in [0, 0.05) is 35.9 Å². The third-order valence-corrected chi connectivity index (χ3v) is 12.3. The Bertz CT molecular complexity index is 2700. The molecule has 2 unspecified atom stereocenters. The predicted molar refractivity (Wildman–Crippen MR) is 240 cm³/mol. The Balaban J connectivity index is 0.000000350. The van der Waals surface area contributed by atoms with Crippen molar-refractivity contribution in [1.29, 1.82) is 0 Å². The molecule has 0 aliphatic carbocycles. The van der Waals surface area contributed by atoms with Gasteiger partial charge in [-0.05, 0) is 96.0 Å². The van der Waals surface area contributed by atoms with Crippen LogP contribution in [0.15, 0.2) is 109 Å². The van der Waals surface area contributed by atoms with Gasteiger partial charge >= 0.3 is 37.7 Å². The van der Waals surface area contributed by atoms with E-state index in [-0.39, 0.29) is 49.6 Å². The number of aliphatic carboxylic acids is 2. The minimum atomic E-state index is -4.20. The number of carbonyl (C=O) groups is 2. The van der Waals surface area contributed by atoms with Crippen LogP contribution >= 0.6 is 14.7 Å². The molecule has 68 heavy (non-hydrogen) atoms. The molecular formula is C48H46F2Li2N4O10P2. The first-order valence-electron chi connectivity index (χ1n) is 20.5. The average molecular weight is 953 g/mol. The number of benzene rings is 4. The van der Waals surface area contributed by atoms with Crippen molar-refractivity contribution < 1.29 is 95.4 Å². The second-order valence-corrected chi connectivity index (χ2v) is 19.7. The number of hydrogen-bond acceptors (Lipinski definition) is 10. The van der Waals surface area contributed by atoms with Crippen molar-refractivity contribution in [1.82, 2.24) is 19.6 Å². The van der Waals surface area contributed by atoms with E-state index >= 15 is 0 Å². The van der Waals surface area contributed by atoms with Crippen LogP contribution in [0, 0.1) is 34.8 Å². The van der Waals surface area contributed by atoms with Crippen molar-refractivity contribution in [3.63, 3.8) is 0 Å². The fourth-order valence-corrected chi connectivity index (χ4v) is 8.80. The number of carbonyl (C=O) groups excluding carboxylic acids is 2. The van der Waals surface area contributed by atoms with E-state index in [4.69, 9.17) is 10.2 Å². The Kier molecular flexibility index (Phi) is 21.3. The second-order valence-electron chi connectivity index (χ2n) is 15.7. The molecule has 344 valence electrons. The molecule has 2 aromatic heterocycles. The number of aliphatic hydroxyl groups is 2. The van der Waals surface area contributed by atoms with E-state index in [1.807, 2.05) is 88.4 Å². The van der Waals surface area contributed by atoms with Gasteiger partial charge in [-0.25, -0.2) is 18.1 Å². The molecule has 0 aliphatic heterocycles. The van der Waals surface area contributed by atoms with Crippen LogP contribution in [0.5, 0.6) is 0 Å². The van der Waals surface area contributed by atoms with Crippen LogP contribution in [0.25, 0.3) is 33.9 Å². The van der Waals surface area contributed by atoms with E-state index in [9.17, 15) is 57.7 Å². The van der Waals surface area contributed by atoms with Gasteiger partial charge in [0.2, 0.25) is 0 Å². The summed E-state index contributed by atoms with van der Waals surface area (Å²) in [5.74, 6) is 1.43. The number of aliphatic hydroxyl groups excluding tert-OH is 2. The van der Waals surface area contributed by atoms with Crippen molar-refractivity contribution >= 4 is 26.7 Å². The zero-order valence-electron chi connectivity index (χ0n) is 38.2. The van der Waals surface area contributed by atoms with Gasteiger partial charge in [-0.15, -0.1) is 0 Å². The molecule has 20 heteroatoms. The molecule has 0 bridgehead atoms. The summed E-state index contributed by atoms with van der Waals surface area (Å²) in [6.07, 6.45) is -6.07. The molecule has 2 heterocycles. The smallest absolute Gasteiger partial charge is 0.550 e. The molecule has 4 N–H and O–H groups in total. The molecule has 6 rings (SSSR count). The number of para-hydroxylation sites is 2. The molecule has 4 aromatic carbocycles. The minimum Gasteiger partial charge on any atom is -0.550 e. The summed E-state index contributed by atoms with van der Waals surface area (Å²) in [5, 5.41) is 50.1. The molecule has 0 fully saturated rings. The van der Waals surface area contributed by atoms with Gasteiger partial charge < -0.3 is 39.8 Å². The van der Waals surface area contributed by atoms with E-state index in [0.717, 1.165) is 11.4 Å². The van der Waals surface area contributed by atoms with Crippen LogP contribution in [0.2, 0.25) is 0 Å². The molecule has 0 radical (unpaired) electrons. The first-order valence-corrected chi connectivity index (χ1v) is 24.2. The first-order chi connectivity index (χ1) is 31.1. The van der Waals surface area contributed by atoms with Crippen molar-refractivity contribution in [2.75, 3.05) is 12.3 Å². The average Bonchev–Trinajstić information content (AvgIpc) is 3.83. The third-order valence-electron chi connectivity index (χ3n) is 9.59. The normalized spacial score (nSPS) is 13.4. The SMILES string of the molecule is CC(C)c1nn(-c2ccccc2)c(-c2ccc(F)cc2)c1C#CP(=O)(O)C[C@@H](O)CC(=O)[O-].CC(C)c1nn(-c2ccccc2)c(-c2ccc(F)cc2)c1C#CP(=O)(O)C[C@@H](O)CC(=O)[O-].[Li+].[Li+]. The van der Waals surface area contributed by atoms with Crippen molar-refractivity contribution in [3.05, 3.63) is 143 Å². The van der Waals surface area contributed by atoms with Crippen molar-refractivity contribution in [3.8, 4) is 57.1 Å². The molecule has 0 amide bonds. The van der Waals surface area contributed by atoms with Gasteiger partial charge in [0.05, 0.1) is 69.8 Å². The van der Waals surface area contributed by atoms with Crippen LogP contribution < -0.4 is 47.9 Å². The number of nitrogens with zero attached hydrogens (tertiary/aromatic N) is 4. The largest absolute Gasteiger partial charge is 1.00 e. The molecule has 14 nitrogen and oxygen atoms in total. The summed E-state index contributed by atoms with van der Waals surface area (Å²) in [5.41, 5.74) is 10.3. The Morgan fingerprint density at radius 3 is 1.18 bits per heavy atom. The Morgan fingerprint density at radius 1 is 0.588 bits per heavy atom. The van der Waals surface area contributed by atoms with E-state index in [0.29, 0.717) is 45.0 Å². The molecule has 0 spiro atoms. The van der Waals surface area contributed by atoms with Crippen molar-refractivity contribution in [2.45, 2.75) is 64.6 Å². The number of rotatable bonds is 14. The van der Waals surface area contributed by atoms with Crippen LogP contribution in [0.1, 0.15) is 74.9 Å². The summed E-state index contributed by atoms with van der Waals surface area (Å²) in [6.45, 7) is 7.61. The predicted octanol–water partition coefficient (Wildman–Crippen LogP) is -0.228. The summed E-state index contributed by atoms with van der Waals surface area (Å²) in [6, 6.07) is 29.9. The quantitative estimate of drug-likeness (QED) is 0.0631. The fourth-order valence-electron chi connectivity index (χ4n) is 6.65. The zero-order valence-corrected chi connectivity index (χ0v) is 40.0. The number of halogens is 2. The molecule has 0 saturated heterocycles. The monoisotopic (exact) mass is 952 g/mol. The maximum atomic E-state index is 13.6. The van der Waals surface area contributed by atoms with Gasteiger partial charge in [0.1, 0.15) is 11.6 Å². The Hall–Kier alpha value is -5.29. The fraction of sp³-hybridized carbons (Fsp3) is 0.250. The molecule has 6 aromatic rings. The molecule has 0 saturated carbocycles. The molecule has 4 atom stereocenters. The van der Waals surface area contributed by atoms with Gasteiger partial charge in [-0.2, -0.15) is 10.2 Å². The Labute approximate surface area is 416 Å². The Morgan fingerprint density at radius 2 is 0.897 bits per heavy atom. The maximum Gasteiger partial charge on any atom is 1.00 e. The van der Waals surface area contributed by atoms with Crippen LogP contribution in [-0.2, 0) is 18.7 Å². The minimum absolute atomic E-state index is 0. The summed E-state index contributed by atoms with van der Waals surface area (Å²) in [7, 11) is -8.40. The van der Waals surface area contributed by atoms with Crippen molar-refractivity contribution in [2.24, 2.45) is 0 Å². The summed E-state index contributed by atoms with van der Waals surface area (Å²) < 4.78 is 55.6. The second kappa shape index (κ2) is 25.4. The van der Waals surface area contributed by atoms with E-state index < -0.39 is 75.7 Å². The topological polar surface area (TPSA) is 231 Å². The van der Waals surface area contributed by atoms with Crippen LogP contribution in [-0.4, -0.2) is 76.0 Å². The molecular weight excluding hydrogens is 906 g/mol. The number of carboxylic acids is 2. The number of hydrogen-bond donors (Lipinski definition) is 4. The van der Waals surface area contributed by atoms with E-state index in [1.165, 1.54) is 24.3 Å². The van der Waals surface area contributed by atoms with E-state index in [2.05, 4.69) is 23.2 Å². The van der Waals surface area contributed by atoms with Crippen LogP contribution in [0.4, 0.5) is 8.78 Å². The first kappa shape index (κ1) is 57.0. The van der Waals surface area contributed by atoms with Crippen LogP contribution in [0.3, 0.4) is 0 Å². The number of carboxylic acid groups (broad SMARTS) is 2. The third kappa shape index (κ3) is 15.9. The van der Waals surface area contributed by atoms with Gasteiger partial charge in [0.25, 0.3) is 14.7 Å². The zero-order chi connectivity index (χ0) is 48.3. The van der Waals surface area contributed by atoms with Gasteiger partial charge in [-0.3, -0.25) is 9.13 Å². The van der Waals surface area contributed by atoms with E-state index in [1.54, 1.807) is 33.6 Å². The van der Waals surface area contributed by atoms with Gasteiger partial charge in [-0.1, -0.05) is 75.9 Å². The standard InChI is InChI=1S/2C24H24FN2O5P.2Li/c2*1-16(2)23-21(12-13-33(31,32)15-20(28)14-22(29)30)24(17-8-10-18(25)11-9-17)27(26-23)19-6-4-3-5-7-19;;/h2*3-11,16,20,28H,14-15H2,1-2H3,(H,29,30)(H,31,32);;/q;;2*+1/p-2/t2*20-;;/m00../s1. The molecule has 0 aliphatic rings. The number of aromatic nitrogens is 4.